The predicted octanol–water partition coefficient (Wildman–Crippen LogP) is 0.555. The van der Waals surface area contributed by atoms with Gasteiger partial charge in [0.1, 0.15) is 12.0 Å². The predicted molar refractivity (Wildman–Crippen MR) is 63.0 cm³/mol. The lowest BCUT2D eigenvalue weighted by atomic mass is 10.5. The molecular formula is C8H9N7O2S. The monoisotopic (exact) mass is 267 g/mol. The second-order valence-electron chi connectivity index (χ2n) is 3.37. The normalized spacial score (nSPS) is 10.6. The van der Waals surface area contributed by atoms with E-state index in [0.29, 0.717) is 11.0 Å². The molecule has 2 rings (SSSR count). The Hall–Kier alpha value is -2.23. The van der Waals surface area contributed by atoms with Gasteiger partial charge in [-0.25, -0.2) is 4.98 Å². The van der Waals surface area contributed by atoms with Crippen LogP contribution in [0.15, 0.2) is 16.4 Å². The van der Waals surface area contributed by atoms with Crippen molar-refractivity contribution >= 4 is 23.4 Å². The number of hydrogen-bond donors (Lipinski definition) is 1. The first-order chi connectivity index (χ1) is 8.49. The van der Waals surface area contributed by atoms with Crippen LogP contribution in [0.25, 0.3) is 0 Å². The Labute approximate surface area is 106 Å². The summed E-state index contributed by atoms with van der Waals surface area (Å²) in [6, 6.07) is 0. The standard InChI is InChI=1S/C8H9N7O2S/c1-4-12-13-8(14(4)2)18-6-5(15(16)17)3-10-7(9)11-6/h3H,1-2H3,(H2,9,10,11). The quantitative estimate of drug-likeness (QED) is 0.485. The highest BCUT2D eigenvalue weighted by atomic mass is 32.2. The first-order valence-corrected chi connectivity index (χ1v) is 5.61. The van der Waals surface area contributed by atoms with Crippen molar-refractivity contribution in [2.75, 3.05) is 5.73 Å². The van der Waals surface area contributed by atoms with Crippen LogP contribution >= 0.6 is 11.8 Å². The highest BCUT2D eigenvalue weighted by Gasteiger charge is 2.20. The molecule has 0 unspecified atom stereocenters. The number of rotatable bonds is 3. The summed E-state index contributed by atoms with van der Waals surface area (Å²) < 4.78 is 1.70. The molecule has 2 N–H and O–H groups in total. The topological polar surface area (TPSA) is 126 Å². The maximum Gasteiger partial charge on any atom is 0.320 e. The van der Waals surface area contributed by atoms with E-state index in [4.69, 9.17) is 5.73 Å². The Morgan fingerprint density at radius 2 is 2.22 bits per heavy atom. The number of anilines is 1. The Kier molecular flexibility index (Phi) is 3.10. The van der Waals surface area contributed by atoms with E-state index >= 15 is 0 Å². The fourth-order valence-electron chi connectivity index (χ4n) is 1.14. The molecule has 2 heterocycles. The largest absolute Gasteiger partial charge is 0.368 e. The van der Waals surface area contributed by atoms with Crippen LogP contribution in [0.1, 0.15) is 5.82 Å². The van der Waals surface area contributed by atoms with Crippen LogP contribution in [0.5, 0.6) is 0 Å². The summed E-state index contributed by atoms with van der Waals surface area (Å²) in [6.45, 7) is 1.78. The molecule has 0 saturated carbocycles. The second-order valence-corrected chi connectivity index (χ2v) is 4.32. The maximum atomic E-state index is 10.8. The average molecular weight is 267 g/mol. The number of aryl methyl sites for hydroxylation is 1. The number of nitrogens with zero attached hydrogens (tertiary/aromatic N) is 6. The average Bonchev–Trinajstić information content (AvgIpc) is 2.61. The summed E-state index contributed by atoms with van der Waals surface area (Å²) >= 11 is 1.02. The van der Waals surface area contributed by atoms with Crippen LogP contribution in [0.2, 0.25) is 0 Å². The molecule has 0 amide bonds. The molecule has 2 aromatic rings. The van der Waals surface area contributed by atoms with E-state index in [1.54, 1.807) is 18.5 Å². The summed E-state index contributed by atoms with van der Waals surface area (Å²) in [5, 5.41) is 19.2. The first kappa shape index (κ1) is 12.2. The van der Waals surface area contributed by atoms with Crippen LogP contribution in [-0.2, 0) is 7.05 Å². The first-order valence-electron chi connectivity index (χ1n) is 4.80. The third kappa shape index (κ3) is 2.22. The van der Waals surface area contributed by atoms with Crippen molar-refractivity contribution in [2.45, 2.75) is 17.1 Å². The van der Waals surface area contributed by atoms with Gasteiger partial charge in [-0.1, -0.05) is 0 Å². The van der Waals surface area contributed by atoms with E-state index in [9.17, 15) is 10.1 Å². The van der Waals surface area contributed by atoms with Gasteiger partial charge >= 0.3 is 5.69 Å². The molecular weight excluding hydrogens is 258 g/mol. The maximum absolute atomic E-state index is 10.8. The summed E-state index contributed by atoms with van der Waals surface area (Å²) in [4.78, 5) is 17.7. The van der Waals surface area contributed by atoms with Crippen molar-refractivity contribution < 1.29 is 4.92 Å². The van der Waals surface area contributed by atoms with Gasteiger partial charge in [-0.05, 0) is 18.7 Å². The minimum Gasteiger partial charge on any atom is -0.368 e. The van der Waals surface area contributed by atoms with E-state index in [2.05, 4.69) is 20.2 Å². The second kappa shape index (κ2) is 4.56. The lowest BCUT2D eigenvalue weighted by molar-refractivity contribution is -0.388. The number of nitrogen functional groups attached to an aromatic ring is 1. The van der Waals surface area contributed by atoms with Crippen molar-refractivity contribution in [2.24, 2.45) is 7.05 Å². The van der Waals surface area contributed by atoms with E-state index in [1.807, 2.05) is 0 Å². The highest BCUT2D eigenvalue weighted by molar-refractivity contribution is 7.99. The molecule has 0 aliphatic carbocycles. The van der Waals surface area contributed by atoms with Crippen molar-refractivity contribution in [3.8, 4) is 0 Å². The molecule has 9 nitrogen and oxygen atoms in total. The molecule has 0 spiro atoms. The van der Waals surface area contributed by atoms with E-state index in [1.165, 1.54) is 0 Å². The zero-order chi connectivity index (χ0) is 13.3. The van der Waals surface area contributed by atoms with Gasteiger partial charge in [0.05, 0.1) is 4.92 Å². The number of nitrogens with two attached hydrogens (primary N) is 1. The van der Waals surface area contributed by atoms with Gasteiger partial charge in [0.2, 0.25) is 5.95 Å². The van der Waals surface area contributed by atoms with E-state index in [0.717, 1.165) is 18.0 Å². The van der Waals surface area contributed by atoms with Gasteiger partial charge in [0, 0.05) is 7.05 Å². The molecule has 18 heavy (non-hydrogen) atoms. The van der Waals surface area contributed by atoms with Crippen LogP contribution in [0.4, 0.5) is 11.6 Å². The van der Waals surface area contributed by atoms with Crippen LogP contribution < -0.4 is 5.73 Å². The van der Waals surface area contributed by atoms with Crippen molar-refractivity contribution in [1.82, 2.24) is 24.7 Å². The lowest BCUT2D eigenvalue weighted by Gasteiger charge is -2.02. The molecule has 0 atom stereocenters. The zero-order valence-corrected chi connectivity index (χ0v) is 10.4. The smallest absolute Gasteiger partial charge is 0.320 e. The minimum absolute atomic E-state index is 0.0259. The van der Waals surface area contributed by atoms with Crippen LogP contribution in [0.3, 0.4) is 0 Å². The van der Waals surface area contributed by atoms with Crippen LogP contribution in [0, 0.1) is 17.0 Å². The molecule has 0 aromatic carbocycles. The fourth-order valence-corrected chi connectivity index (χ4v) is 2.03. The number of hydrogen-bond acceptors (Lipinski definition) is 8. The summed E-state index contributed by atoms with van der Waals surface area (Å²) in [5.41, 5.74) is 5.21. The Morgan fingerprint density at radius 3 is 2.78 bits per heavy atom. The molecule has 2 aromatic heterocycles. The molecule has 0 aliphatic heterocycles. The number of aromatic nitrogens is 5. The SMILES string of the molecule is Cc1nnc(Sc2nc(N)ncc2[N+](=O)[O-])n1C. The molecule has 0 radical (unpaired) electrons. The van der Waals surface area contributed by atoms with Gasteiger partial charge in [-0.15, -0.1) is 10.2 Å². The lowest BCUT2D eigenvalue weighted by Crippen LogP contribution is -2.01. The Morgan fingerprint density at radius 1 is 1.50 bits per heavy atom. The van der Waals surface area contributed by atoms with Gasteiger partial charge < -0.3 is 10.3 Å². The van der Waals surface area contributed by atoms with Gasteiger partial charge in [0.25, 0.3) is 0 Å². The highest BCUT2D eigenvalue weighted by Crippen LogP contribution is 2.31. The molecule has 0 fully saturated rings. The Bertz CT molecular complexity index is 611. The van der Waals surface area contributed by atoms with Gasteiger partial charge in [-0.3, -0.25) is 10.1 Å². The summed E-state index contributed by atoms with van der Waals surface area (Å²) in [5.74, 6) is 0.671. The van der Waals surface area contributed by atoms with Gasteiger partial charge in [0.15, 0.2) is 10.2 Å². The minimum atomic E-state index is -0.564. The molecule has 0 bridgehead atoms. The van der Waals surface area contributed by atoms with Gasteiger partial charge in [-0.2, -0.15) is 4.98 Å². The summed E-state index contributed by atoms with van der Waals surface area (Å²) in [7, 11) is 1.76. The number of nitro groups is 1. The molecule has 0 saturated heterocycles. The van der Waals surface area contributed by atoms with E-state index < -0.39 is 4.92 Å². The van der Waals surface area contributed by atoms with Crippen molar-refractivity contribution in [3.05, 3.63) is 22.1 Å². The van der Waals surface area contributed by atoms with Crippen LogP contribution in [-0.4, -0.2) is 29.7 Å². The zero-order valence-electron chi connectivity index (χ0n) is 9.56. The fraction of sp³-hybridized carbons (Fsp3) is 0.250. The molecule has 10 heteroatoms. The summed E-state index contributed by atoms with van der Waals surface area (Å²) in [6.07, 6.45) is 1.08. The van der Waals surface area contributed by atoms with Crippen molar-refractivity contribution in [3.63, 3.8) is 0 Å². The third-order valence-corrected chi connectivity index (χ3v) is 3.22. The van der Waals surface area contributed by atoms with Crippen molar-refractivity contribution in [1.29, 1.82) is 0 Å². The Balaban J connectivity index is 2.42. The molecule has 94 valence electrons. The third-order valence-electron chi connectivity index (χ3n) is 2.19. The molecule has 0 aliphatic rings. The van der Waals surface area contributed by atoms with E-state index in [-0.39, 0.29) is 16.7 Å².